The van der Waals surface area contributed by atoms with Crippen LogP contribution >= 0.6 is 0 Å². The Labute approximate surface area is 148 Å². The van der Waals surface area contributed by atoms with Crippen molar-refractivity contribution in [3.05, 3.63) is 47.8 Å². The minimum absolute atomic E-state index is 0.00633. The van der Waals surface area contributed by atoms with Crippen LogP contribution in [-0.2, 0) is 16.1 Å². The average molecular weight is 340 g/mol. The number of carbonyl (C=O) groups excluding carboxylic acids is 2. The Morgan fingerprint density at radius 3 is 2.64 bits per heavy atom. The number of rotatable bonds is 5. The van der Waals surface area contributed by atoms with E-state index in [0.717, 1.165) is 17.1 Å². The van der Waals surface area contributed by atoms with Crippen LogP contribution in [0.1, 0.15) is 24.2 Å². The SMILES string of the molecule is Cc1cc(C)n(CCC(=O)N(C)C2CCN(c3ccccc3)C2=O)n1. The molecule has 1 aliphatic rings. The molecule has 1 unspecified atom stereocenters. The molecule has 1 saturated heterocycles. The van der Waals surface area contributed by atoms with Crippen LogP contribution in [0.5, 0.6) is 0 Å². The summed E-state index contributed by atoms with van der Waals surface area (Å²) in [6.07, 6.45) is 1.00. The summed E-state index contributed by atoms with van der Waals surface area (Å²) in [6.45, 7) is 5.09. The predicted molar refractivity (Wildman–Crippen MR) is 96.3 cm³/mol. The second-order valence-electron chi connectivity index (χ2n) is 6.53. The number of carbonyl (C=O) groups is 2. The van der Waals surface area contributed by atoms with E-state index in [4.69, 9.17) is 0 Å². The van der Waals surface area contributed by atoms with Crippen molar-refractivity contribution >= 4 is 17.5 Å². The standard InChI is InChI=1S/C19H24N4O2/c1-14-13-15(2)23(20-14)12-10-18(24)21(3)17-9-11-22(19(17)25)16-7-5-4-6-8-16/h4-8,13,17H,9-12H2,1-3H3. The second-order valence-corrected chi connectivity index (χ2v) is 6.53. The van der Waals surface area contributed by atoms with E-state index in [-0.39, 0.29) is 17.9 Å². The molecule has 1 fully saturated rings. The van der Waals surface area contributed by atoms with Crippen molar-refractivity contribution in [1.82, 2.24) is 14.7 Å². The fraction of sp³-hybridized carbons (Fsp3) is 0.421. The summed E-state index contributed by atoms with van der Waals surface area (Å²) in [6, 6.07) is 11.2. The lowest BCUT2D eigenvalue weighted by molar-refractivity contribution is -0.136. The van der Waals surface area contributed by atoms with E-state index in [1.165, 1.54) is 0 Å². The number of anilines is 1. The largest absolute Gasteiger partial charge is 0.334 e. The van der Waals surface area contributed by atoms with Gasteiger partial charge in [0.25, 0.3) is 0 Å². The third-order valence-corrected chi connectivity index (χ3v) is 4.75. The number of hydrogen-bond donors (Lipinski definition) is 0. The van der Waals surface area contributed by atoms with Gasteiger partial charge in [-0.1, -0.05) is 18.2 Å². The number of likely N-dealkylation sites (N-methyl/N-ethyl adjacent to an activating group) is 1. The Balaban J connectivity index is 1.61. The summed E-state index contributed by atoms with van der Waals surface area (Å²) >= 11 is 0. The van der Waals surface area contributed by atoms with E-state index < -0.39 is 0 Å². The van der Waals surface area contributed by atoms with Gasteiger partial charge in [-0.3, -0.25) is 14.3 Å². The van der Waals surface area contributed by atoms with E-state index in [1.807, 2.05) is 54.9 Å². The van der Waals surface area contributed by atoms with Crippen molar-refractivity contribution in [3.8, 4) is 0 Å². The molecule has 25 heavy (non-hydrogen) atoms. The number of hydrogen-bond acceptors (Lipinski definition) is 3. The Morgan fingerprint density at radius 2 is 2.00 bits per heavy atom. The van der Waals surface area contributed by atoms with Gasteiger partial charge in [0.05, 0.1) is 5.69 Å². The summed E-state index contributed by atoms with van der Waals surface area (Å²) in [7, 11) is 1.72. The van der Waals surface area contributed by atoms with Gasteiger partial charge in [-0.15, -0.1) is 0 Å². The van der Waals surface area contributed by atoms with Crippen LogP contribution in [0.25, 0.3) is 0 Å². The van der Waals surface area contributed by atoms with E-state index >= 15 is 0 Å². The van der Waals surface area contributed by atoms with Crippen LogP contribution in [0, 0.1) is 13.8 Å². The summed E-state index contributed by atoms with van der Waals surface area (Å²) in [5.41, 5.74) is 2.88. The average Bonchev–Trinajstić information content (AvgIpc) is 3.14. The highest BCUT2D eigenvalue weighted by atomic mass is 16.2. The fourth-order valence-electron chi connectivity index (χ4n) is 3.34. The Morgan fingerprint density at radius 1 is 1.28 bits per heavy atom. The minimum Gasteiger partial charge on any atom is -0.334 e. The first kappa shape index (κ1) is 17.2. The number of aryl methyl sites for hydroxylation is 3. The zero-order chi connectivity index (χ0) is 18.0. The Hall–Kier alpha value is -2.63. The zero-order valence-corrected chi connectivity index (χ0v) is 15.0. The first-order valence-corrected chi connectivity index (χ1v) is 8.60. The number of amides is 2. The van der Waals surface area contributed by atoms with Crippen molar-refractivity contribution in [3.63, 3.8) is 0 Å². The molecule has 0 bridgehead atoms. The van der Waals surface area contributed by atoms with Crippen molar-refractivity contribution < 1.29 is 9.59 Å². The van der Waals surface area contributed by atoms with Gasteiger partial charge in [-0.05, 0) is 38.5 Å². The first-order valence-electron chi connectivity index (χ1n) is 8.60. The van der Waals surface area contributed by atoms with E-state index in [2.05, 4.69) is 5.10 Å². The van der Waals surface area contributed by atoms with Crippen molar-refractivity contribution in [2.24, 2.45) is 0 Å². The normalized spacial score (nSPS) is 17.2. The van der Waals surface area contributed by atoms with Gasteiger partial charge < -0.3 is 9.80 Å². The van der Waals surface area contributed by atoms with E-state index in [9.17, 15) is 9.59 Å². The molecule has 0 N–H and O–H groups in total. The van der Waals surface area contributed by atoms with Gasteiger partial charge >= 0.3 is 0 Å². The zero-order valence-electron chi connectivity index (χ0n) is 15.0. The predicted octanol–water partition coefficient (Wildman–Crippen LogP) is 2.15. The molecule has 2 amide bonds. The molecule has 2 heterocycles. The summed E-state index contributed by atoms with van der Waals surface area (Å²) in [5.74, 6) is -0.0334. The van der Waals surface area contributed by atoms with Gasteiger partial charge in [0.1, 0.15) is 6.04 Å². The van der Waals surface area contributed by atoms with Gasteiger partial charge in [0.15, 0.2) is 0 Å². The fourth-order valence-corrected chi connectivity index (χ4v) is 3.34. The first-order chi connectivity index (χ1) is 12.0. The van der Waals surface area contributed by atoms with Crippen molar-refractivity contribution in [2.75, 3.05) is 18.5 Å². The number of benzene rings is 1. The van der Waals surface area contributed by atoms with Gasteiger partial charge in [0, 0.05) is 37.9 Å². The summed E-state index contributed by atoms with van der Waals surface area (Å²) < 4.78 is 1.84. The lowest BCUT2D eigenvalue weighted by Crippen LogP contribution is -2.43. The maximum atomic E-state index is 12.7. The molecular weight excluding hydrogens is 316 g/mol. The van der Waals surface area contributed by atoms with Crippen LogP contribution in [0.4, 0.5) is 5.69 Å². The minimum atomic E-state index is -0.381. The van der Waals surface area contributed by atoms with Gasteiger partial charge in [0.2, 0.25) is 11.8 Å². The molecule has 0 spiro atoms. The molecule has 0 saturated carbocycles. The van der Waals surface area contributed by atoms with Crippen molar-refractivity contribution in [2.45, 2.75) is 39.3 Å². The number of para-hydroxylation sites is 1. The quantitative estimate of drug-likeness (QED) is 0.838. The summed E-state index contributed by atoms with van der Waals surface area (Å²) in [4.78, 5) is 28.6. The smallest absolute Gasteiger partial charge is 0.249 e. The monoisotopic (exact) mass is 340 g/mol. The van der Waals surface area contributed by atoms with Crippen LogP contribution < -0.4 is 4.90 Å². The second kappa shape index (κ2) is 7.09. The maximum absolute atomic E-state index is 12.7. The molecule has 1 atom stereocenters. The van der Waals surface area contributed by atoms with Crippen LogP contribution in [-0.4, -0.2) is 46.1 Å². The van der Waals surface area contributed by atoms with Crippen LogP contribution in [0.15, 0.2) is 36.4 Å². The molecule has 132 valence electrons. The Bertz CT molecular complexity index is 769. The lowest BCUT2D eigenvalue weighted by Gasteiger charge is -2.24. The third-order valence-electron chi connectivity index (χ3n) is 4.75. The number of aromatic nitrogens is 2. The van der Waals surface area contributed by atoms with E-state index in [0.29, 0.717) is 25.9 Å². The maximum Gasteiger partial charge on any atom is 0.249 e. The van der Waals surface area contributed by atoms with Crippen molar-refractivity contribution in [1.29, 1.82) is 0 Å². The van der Waals surface area contributed by atoms with Gasteiger partial charge in [-0.25, -0.2) is 0 Å². The molecule has 1 aliphatic heterocycles. The topological polar surface area (TPSA) is 58.4 Å². The van der Waals surface area contributed by atoms with Crippen LogP contribution in [0.2, 0.25) is 0 Å². The molecule has 6 nitrogen and oxygen atoms in total. The highest BCUT2D eigenvalue weighted by Gasteiger charge is 2.36. The number of nitrogens with zero attached hydrogens (tertiary/aromatic N) is 4. The highest BCUT2D eigenvalue weighted by molar-refractivity contribution is 6.01. The van der Waals surface area contributed by atoms with Gasteiger partial charge in [-0.2, -0.15) is 5.10 Å². The summed E-state index contributed by atoms with van der Waals surface area (Å²) in [5, 5.41) is 4.38. The third kappa shape index (κ3) is 3.57. The molecule has 0 aliphatic carbocycles. The molecule has 3 rings (SSSR count). The van der Waals surface area contributed by atoms with E-state index in [1.54, 1.807) is 16.8 Å². The Kier molecular flexibility index (Phi) is 4.88. The van der Waals surface area contributed by atoms with Crippen LogP contribution in [0.3, 0.4) is 0 Å². The lowest BCUT2D eigenvalue weighted by atomic mass is 10.2. The molecular formula is C19H24N4O2. The molecule has 1 aromatic carbocycles. The molecule has 6 heteroatoms. The highest BCUT2D eigenvalue weighted by Crippen LogP contribution is 2.24. The molecule has 1 aromatic heterocycles. The molecule has 2 aromatic rings. The molecule has 0 radical (unpaired) electrons.